The van der Waals surface area contributed by atoms with Crippen molar-refractivity contribution in [2.75, 3.05) is 6.54 Å². The van der Waals surface area contributed by atoms with Crippen LogP contribution in [0.15, 0.2) is 23.1 Å². The Kier molecular flexibility index (Phi) is 4.20. The van der Waals surface area contributed by atoms with Crippen molar-refractivity contribution in [2.45, 2.75) is 13.8 Å². The molecule has 0 saturated heterocycles. The Morgan fingerprint density at radius 2 is 2.06 bits per heavy atom. The molecule has 1 aromatic heterocycles. The summed E-state index contributed by atoms with van der Waals surface area (Å²) in [5.41, 5.74) is 0.0116. The molecule has 1 heterocycles. The van der Waals surface area contributed by atoms with E-state index < -0.39 is 5.91 Å². The number of hydrogen-bond acceptors (Lipinski definition) is 3. The Morgan fingerprint density at radius 3 is 2.59 bits per heavy atom. The highest BCUT2D eigenvalue weighted by molar-refractivity contribution is 5.96. The standard InChI is InChI=1S/C12H16N2O3/c1-8(2)10(15)7-13-12(17)9-4-5-14(3)11(16)6-9/h4-6,8H,7H2,1-3H3,(H,13,17). The van der Waals surface area contributed by atoms with Gasteiger partial charge in [-0.05, 0) is 6.07 Å². The van der Waals surface area contributed by atoms with Crippen molar-refractivity contribution in [3.05, 3.63) is 34.2 Å². The quantitative estimate of drug-likeness (QED) is 0.819. The molecule has 0 radical (unpaired) electrons. The molecule has 1 rings (SSSR count). The number of ketones is 1. The molecule has 0 aliphatic heterocycles. The van der Waals surface area contributed by atoms with Gasteiger partial charge in [-0.1, -0.05) is 13.8 Å². The van der Waals surface area contributed by atoms with E-state index >= 15 is 0 Å². The predicted octanol–water partition coefficient (Wildman–Crippen LogP) is 0.340. The number of nitrogens with one attached hydrogen (secondary N) is 1. The molecule has 0 spiro atoms. The summed E-state index contributed by atoms with van der Waals surface area (Å²) < 4.78 is 1.37. The highest BCUT2D eigenvalue weighted by Gasteiger charge is 2.11. The second-order valence-electron chi connectivity index (χ2n) is 4.17. The molecule has 0 unspecified atom stereocenters. The lowest BCUT2D eigenvalue weighted by atomic mass is 10.1. The molecule has 0 bridgehead atoms. The lowest BCUT2D eigenvalue weighted by Gasteiger charge is -2.06. The van der Waals surface area contributed by atoms with Crippen LogP contribution in [0.4, 0.5) is 0 Å². The van der Waals surface area contributed by atoms with Gasteiger partial charge in [-0.15, -0.1) is 0 Å². The fraction of sp³-hybridized carbons (Fsp3) is 0.417. The largest absolute Gasteiger partial charge is 0.345 e. The van der Waals surface area contributed by atoms with Gasteiger partial charge in [0.25, 0.3) is 11.5 Å². The molecule has 92 valence electrons. The average molecular weight is 236 g/mol. The van der Waals surface area contributed by atoms with Gasteiger partial charge in [-0.3, -0.25) is 14.4 Å². The summed E-state index contributed by atoms with van der Waals surface area (Å²) in [6.45, 7) is 3.53. The topological polar surface area (TPSA) is 68.2 Å². The maximum atomic E-state index is 11.6. The van der Waals surface area contributed by atoms with Gasteiger partial charge in [0.1, 0.15) is 0 Å². The van der Waals surface area contributed by atoms with E-state index in [9.17, 15) is 14.4 Å². The Bertz CT molecular complexity index is 489. The summed E-state index contributed by atoms with van der Waals surface area (Å²) in [5, 5.41) is 2.49. The number of carbonyl (C=O) groups is 2. The van der Waals surface area contributed by atoms with Crippen LogP contribution in [-0.4, -0.2) is 22.8 Å². The summed E-state index contributed by atoms with van der Waals surface area (Å²) in [6, 6.07) is 2.78. The van der Waals surface area contributed by atoms with Gasteiger partial charge in [0.05, 0.1) is 6.54 Å². The summed E-state index contributed by atoms with van der Waals surface area (Å²) >= 11 is 0. The van der Waals surface area contributed by atoms with Gasteiger partial charge in [-0.2, -0.15) is 0 Å². The number of nitrogens with zero attached hydrogens (tertiary/aromatic N) is 1. The van der Waals surface area contributed by atoms with Crippen molar-refractivity contribution in [1.29, 1.82) is 0 Å². The first-order valence-corrected chi connectivity index (χ1v) is 5.39. The third kappa shape index (κ3) is 3.55. The van der Waals surface area contributed by atoms with Crippen LogP contribution in [0.2, 0.25) is 0 Å². The van der Waals surface area contributed by atoms with E-state index in [1.165, 1.54) is 22.9 Å². The van der Waals surface area contributed by atoms with Crippen molar-refractivity contribution in [2.24, 2.45) is 13.0 Å². The van der Waals surface area contributed by atoms with Crippen LogP contribution in [0.25, 0.3) is 0 Å². The number of amides is 1. The molecule has 17 heavy (non-hydrogen) atoms. The molecule has 0 aromatic carbocycles. The highest BCUT2D eigenvalue weighted by Crippen LogP contribution is 1.96. The fourth-order valence-electron chi connectivity index (χ4n) is 1.16. The SMILES string of the molecule is CC(C)C(=O)CNC(=O)c1ccn(C)c(=O)c1. The number of rotatable bonds is 4. The van der Waals surface area contributed by atoms with E-state index in [1.807, 2.05) is 0 Å². The first-order valence-electron chi connectivity index (χ1n) is 5.39. The lowest BCUT2D eigenvalue weighted by Crippen LogP contribution is -2.32. The number of aromatic nitrogens is 1. The molecular formula is C12H16N2O3. The van der Waals surface area contributed by atoms with Crippen LogP contribution in [0.3, 0.4) is 0 Å². The second-order valence-corrected chi connectivity index (χ2v) is 4.17. The zero-order valence-corrected chi connectivity index (χ0v) is 10.2. The van der Waals surface area contributed by atoms with Gasteiger partial charge >= 0.3 is 0 Å². The van der Waals surface area contributed by atoms with Crippen LogP contribution in [0, 0.1) is 5.92 Å². The average Bonchev–Trinajstić information content (AvgIpc) is 2.28. The number of pyridine rings is 1. The van der Waals surface area contributed by atoms with Gasteiger partial charge in [-0.25, -0.2) is 0 Å². The van der Waals surface area contributed by atoms with Crippen molar-refractivity contribution in [3.8, 4) is 0 Å². The molecule has 1 N–H and O–H groups in total. The normalized spacial score (nSPS) is 10.4. The van der Waals surface area contributed by atoms with Crippen molar-refractivity contribution >= 4 is 11.7 Å². The van der Waals surface area contributed by atoms with Crippen LogP contribution in [-0.2, 0) is 11.8 Å². The first kappa shape index (κ1) is 13.2. The van der Waals surface area contributed by atoms with E-state index in [-0.39, 0.29) is 29.4 Å². The van der Waals surface area contributed by atoms with Gasteiger partial charge < -0.3 is 9.88 Å². The Labute approximate surface area is 99.5 Å². The summed E-state index contributed by atoms with van der Waals surface area (Å²) in [7, 11) is 1.60. The third-order valence-electron chi connectivity index (χ3n) is 2.43. The molecule has 5 heteroatoms. The molecule has 0 aliphatic carbocycles. The number of aryl methyl sites for hydroxylation is 1. The predicted molar refractivity (Wildman–Crippen MR) is 63.9 cm³/mol. The summed E-state index contributed by atoms with van der Waals surface area (Å²) in [5.74, 6) is -0.558. The molecule has 5 nitrogen and oxygen atoms in total. The van der Waals surface area contributed by atoms with Crippen molar-refractivity contribution in [1.82, 2.24) is 9.88 Å². The van der Waals surface area contributed by atoms with E-state index in [2.05, 4.69) is 5.32 Å². The molecular weight excluding hydrogens is 220 g/mol. The minimum absolute atomic E-state index is 0.00822. The smallest absolute Gasteiger partial charge is 0.251 e. The molecule has 0 atom stereocenters. The monoisotopic (exact) mass is 236 g/mol. The number of Topliss-reactive ketones (excluding diaryl/α,β-unsaturated/α-hetero) is 1. The van der Waals surface area contributed by atoms with Gasteiger partial charge in [0, 0.05) is 30.8 Å². The minimum Gasteiger partial charge on any atom is -0.345 e. The third-order valence-corrected chi connectivity index (χ3v) is 2.43. The molecule has 1 amide bonds. The molecule has 1 aromatic rings. The molecule has 0 aliphatic rings. The summed E-state index contributed by atoms with van der Waals surface area (Å²) in [4.78, 5) is 34.2. The highest BCUT2D eigenvalue weighted by atomic mass is 16.2. The Hall–Kier alpha value is -1.91. The number of carbonyl (C=O) groups excluding carboxylic acids is 2. The maximum absolute atomic E-state index is 11.6. The molecule has 0 saturated carbocycles. The van der Waals surface area contributed by atoms with Crippen LogP contribution < -0.4 is 10.9 Å². The minimum atomic E-state index is -0.406. The maximum Gasteiger partial charge on any atom is 0.251 e. The first-order chi connectivity index (χ1) is 7.91. The van der Waals surface area contributed by atoms with Gasteiger partial charge in [0.2, 0.25) is 0 Å². The lowest BCUT2D eigenvalue weighted by molar-refractivity contribution is -0.120. The Balaban J connectivity index is 2.68. The zero-order valence-electron chi connectivity index (χ0n) is 10.2. The van der Waals surface area contributed by atoms with Crippen LogP contribution in [0.5, 0.6) is 0 Å². The summed E-state index contributed by atoms with van der Waals surface area (Å²) in [6.07, 6.45) is 1.52. The van der Waals surface area contributed by atoms with Gasteiger partial charge in [0.15, 0.2) is 5.78 Å². The van der Waals surface area contributed by atoms with Crippen molar-refractivity contribution in [3.63, 3.8) is 0 Å². The Morgan fingerprint density at radius 1 is 1.41 bits per heavy atom. The van der Waals surface area contributed by atoms with Crippen LogP contribution in [0.1, 0.15) is 24.2 Å². The zero-order chi connectivity index (χ0) is 13.0. The van der Waals surface area contributed by atoms with E-state index in [4.69, 9.17) is 0 Å². The van der Waals surface area contributed by atoms with E-state index in [0.29, 0.717) is 0 Å². The fourth-order valence-corrected chi connectivity index (χ4v) is 1.16. The van der Waals surface area contributed by atoms with Crippen molar-refractivity contribution < 1.29 is 9.59 Å². The second kappa shape index (κ2) is 5.43. The van der Waals surface area contributed by atoms with E-state index in [0.717, 1.165) is 0 Å². The molecule has 0 fully saturated rings. The number of hydrogen-bond donors (Lipinski definition) is 1. The van der Waals surface area contributed by atoms with Crippen LogP contribution >= 0.6 is 0 Å². The van der Waals surface area contributed by atoms with E-state index in [1.54, 1.807) is 20.9 Å².